The summed E-state index contributed by atoms with van der Waals surface area (Å²) >= 11 is 0. The summed E-state index contributed by atoms with van der Waals surface area (Å²) in [7, 11) is 0. The van der Waals surface area contributed by atoms with Crippen LogP contribution < -0.4 is 20.1 Å². The van der Waals surface area contributed by atoms with Crippen molar-refractivity contribution in [3.05, 3.63) is 47.8 Å². The number of halogens is 5. The Bertz CT molecular complexity index is 844. The summed E-state index contributed by atoms with van der Waals surface area (Å²) in [5, 5.41) is 4.64. The highest BCUT2D eigenvalue weighted by atomic mass is 19.3. The van der Waals surface area contributed by atoms with Crippen LogP contribution in [0.1, 0.15) is 0 Å². The molecule has 3 rings (SSSR count). The SMILES string of the molecule is O=C(CNc1ccc(F)c(F)c1F)Nc1ccc2c(c1)OC(F)(F)O2. The number of alkyl halides is 2. The maximum Gasteiger partial charge on any atom is 0.586 e. The largest absolute Gasteiger partial charge is 0.586 e. The molecule has 0 aromatic heterocycles. The minimum Gasteiger partial charge on any atom is -0.395 e. The normalized spacial score (nSPS) is 14.3. The zero-order valence-corrected chi connectivity index (χ0v) is 12.2. The van der Waals surface area contributed by atoms with E-state index in [2.05, 4.69) is 20.1 Å². The first kappa shape index (κ1) is 16.8. The quantitative estimate of drug-likeness (QED) is 0.648. The minimum atomic E-state index is -3.78. The summed E-state index contributed by atoms with van der Waals surface area (Å²) in [6.45, 7) is -0.480. The summed E-state index contributed by atoms with van der Waals surface area (Å²) in [4.78, 5) is 11.8. The first-order chi connectivity index (χ1) is 11.7. The number of nitrogens with one attached hydrogen (secondary N) is 2. The van der Waals surface area contributed by atoms with Gasteiger partial charge in [0, 0.05) is 11.8 Å². The van der Waals surface area contributed by atoms with Crippen molar-refractivity contribution < 1.29 is 36.2 Å². The van der Waals surface area contributed by atoms with Gasteiger partial charge < -0.3 is 20.1 Å². The Morgan fingerprint density at radius 2 is 1.72 bits per heavy atom. The van der Waals surface area contributed by atoms with Gasteiger partial charge in [0.2, 0.25) is 5.91 Å². The first-order valence-electron chi connectivity index (χ1n) is 6.82. The molecule has 0 unspecified atom stereocenters. The number of ether oxygens (including phenoxy) is 2. The topological polar surface area (TPSA) is 59.6 Å². The molecule has 5 nitrogen and oxygen atoms in total. The third-order valence-corrected chi connectivity index (χ3v) is 3.16. The lowest BCUT2D eigenvalue weighted by Crippen LogP contribution is -2.26. The van der Waals surface area contributed by atoms with Crippen molar-refractivity contribution >= 4 is 17.3 Å². The highest BCUT2D eigenvalue weighted by molar-refractivity contribution is 5.94. The highest BCUT2D eigenvalue weighted by Gasteiger charge is 2.43. The second-order valence-electron chi connectivity index (χ2n) is 4.95. The predicted molar refractivity (Wildman–Crippen MR) is 76.1 cm³/mol. The summed E-state index contributed by atoms with van der Waals surface area (Å²) in [6, 6.07) is 5.22. The smallest absolute Gasteiger partial charge is 0.395 e. The molecular weight excluding hydrogens is 351 g/mol. The molecule has 2 N–H and O–H groups in total. The fourth-order valence-corrected chi connectivity index (χ4v) is 2.07. The van der Waals surface area contributed by atoms with Crippen molar-refractivity contribution in [2.24, 2.45) is 0 Å². The Morgan fingerprint density at radius 1 is 1.00 bits per heavy atom. The number of hydrogen-bond donors (Lipinski definition) is 2. The average molecular weight is 360 g/mol. The Hall–Kier alpha value is -3.04. The zero-order valence-electron chi connectivity index (χ0n) is 12.2. The van der Waals surface area contributed by atoms with Crippen LogP contribution in [0, 0.1) is 17.5 Å². The monoisotopic (exact) mass is 360 g/mol. The molecule has 2 aromatic rings. The average Bonchev–Trinajstić information content (AvgIpc) is 2.85. The standard InChI is InChI=1S/C15H9F5N2O3/c16-8-2-3-9(14(18)13(8)17)21-6-12(23)22-7-1-4-10-11(5-7)25-15(19,20)24-10/h1-5,21H,6H2,(H,22,23). The van der Waals surface area contributed by atoms with Gasteiger partial charge in [0.1, 0.15) is 0 Å². The molecule has 0 spiro atoms. The van der Waals surface area contributed by atoms with Crippen LogP contribution in [0.25, 0.3) is 0 Å². The second kappa shape index (κ2) is 6.11. The van der Waals surface area contributed by atoms with E-state index >= 15 is 0 Å². The van der Waals surface area contributed by atoms with E-state index in [0.717, 1.165) is 12.1 Å². The van der Waals surface area contributed by atoms with E-state index < -0.39 is 41.9 Å². The number of hydrogen-bond acceptors (Lipinski definition) is 4. The molecule has 1 aliphatic rings. The van der Waals surface area contributed by atoms with E-state index in [-0.39, 0.29) is 17.2 Å². The van der Waals surface area contributed by atoms with Gasteiger partial charge in [-0.15, -0.1) is 8.78 Å². The number of amides is 1. The van der Waals surface area contributed by atoms with Crippen molar-refractivity contribution in [2.45, 2.75) is 6.29 Å². The summed E-state index contributed by atoms with van der Waals surface area (Å²) in [5.74, 6) is -5.62. The van der Waals surface area contributed by atoms with E-state index in [9.17, 15) is 26.7 Å². The van der Waals surface area contributed by atoms with Crippen LogP contribution in [0.4, 0.5) is 33.3 Å². The molecular formula is C15H9F5N2O3. The molecule has 1 heterocycles. The lowest BCUT2D eigenvalue weighted by Gasteiger charge is -2.09. The summed E-state index contributed by atoms with van der Waals surface area (Å²) in [6.07, 6.45) is -3.78. The summed E-state index contributed by atoms with van der Waals surface area (Å²) in [5.41, 5.74) is -0.281. The van der Waals surface area contributed by atoms with Crippen LogP contribution >= 0.6 is 0 Å². The van der Waals surface area contributed by atoms with Crippen LogP contribution in [0.15, 0.2) is 30.3 Å². The Labute approximate surface area is 137 Å². The molecule has 1 amide bonds. The fourth-order valence-electron chi connectivity index (χ4n) is 2.07. The predicted octanol–water partition coefficient (Wildman–Crippen LogP) is 3.48. The van der Waals surface area contributed by atoms with Crippen molar-refractivity contribution in [2.75, 3.05) is 17.2 Å². The third kappa shape index (κ3) is 3.57. The van der Waals surface area contributed by atoms with E-state index in [1.54, 1.807) is 0 Å². The van der Waals surface area contributed by atoms with E-state index in [0.29, 0.717) is 6.07 Å². The number of carbonyl (C=O) groups excluding carboxylic acids is 1. The van der Waals surface area contributed by atoms with Crippen molar-refractivity contribution in [3.8, 4) is 11.5 Å². The Balaban J connectivity index is 1.62. The van der Waals surface area contributed by atoms with E-state index in [1.165, 1.54) is 12.1 Å². The molecule has 1 aliphatic heterocycles. The molecule has 0 radical (unpaired) electrons. The molecule has 0 fully saturated rings. The maximum absolute atomic E-state index is 13.5. The van der Waals surface area contributed by atoms with Crippen molar-refractivity contribution in [1.29, 1.82) is 0 Å². The van der Waals surface area contributed by atoms with E-state index in [4.69, 9.17) is 0 Å². The lowest BCUT2D eigenvalue weighted by atomic mass is 10.2. The van der Waals surface area contributed by atoms with Gasteiger partial charge in [0.05, 0.1) is 12.2 Å². The first-order valence-corrected chi connectivity index (χ1v) is 6.82. The molecule has 132 valence electrons. The maximum atomic E-state index is 13.5. The molecule has 2 aromatic carbocycles. The number of anilines is 2. The van der Waals surface area contributed by atoms with Crippen molar-refractivity contribution in [3.63, 3.8) is 0 Å². The molecule has 0 aliphatic carbocycles. The molecule has 0 bridgehead atoms. The van der Waals surface area contributed by atoms with Gasteiger partial charge in [0.15, 0.2) is 29.0 Å². The van der Waals surface area contributed by atoms with Crippen molar-refractivity contribution in [1.82, 2.24) is 0 Å². The molecule has 0 atom stereocenters. The number of benzene rings is 2. The molecule has 25 heavy (non-hydrogen) atoms. The number of rotatable bonds is 4. The van der Waals surface area contributed by atoms with Gasteiger partial charge in [-0.2, -0.15) is 0 Å². The summed E-state index contributed by atoms with van der Waals surface area (Å²) < 4.78 is 73.6. The molecule has 10 heteroatoms. The van der Waals surface area contributed by atoms with Gasteiger partial charge in [-0.05, 0) is 24.3 Å². The van der Waals surface area contributed by atoms with Gasteiger partial charge in [-0.3, -0.25) is 4.79 Å². The van der Waals surface area contributed by atoms with Crippen LogP contribution in [0.5, 0.6) is 11.5 Å². The molecule has 0 saturated carbocycles. The second-order valence-corrected chi connectivity index (χ2v) is 4.95. The zero-order chi connectivity index (χ0) is 18.2. The highest BCUT2D eigenvalue weighted by Crippen LogP contribution is 2.42. The lowest BCUT2D eigenvalue weighted by molar-refractivity contribution is -0.286. The van der Waals surface area contributed by atoms with Gasteiger partial charge >= 0.3 is 6.29 Å². The molecule has 0 saturated heterocycles. The van der Waals surface area contributed by atoms with Gasteiger partial charge in [0.25, 0.3) is 0 Å². The Kier molecular flexibility index (Phi) is 4.11. The van der Waals surface area contributed by atoms with Crippen LogP contribution in [-0.2, 0) is 4.79 Å². The Morgan fingerprint density at radius 3 is 2.48 bits per heavy atom. The van der Waals surface area contributed by atoms with Gasteiger partial charge in [-0.1, -0.05) is 0 Å². The fraction of sp³-hybridized carbons (Fsp3) is 0.133. The minimum absolute atomic E-state index is 0.123. The number of fused-ring (bicyclic) bond motifs is 1. The van der Waals surface area contributed by atoms with E-state index in [1.807, 2.05) is 0 Å². The third-order valence-electron chi connectivity index (χ3n) is 3.16. The van der Waals surface area contributed by atoms with Crippen LogP contribution in [0.3, 0.4) is 0 Å². The number of carbonyl (C=O) groups is 1. The van der Waals surface area contributed by atoms with Gasteiger partial charge in [-0.25, -0.2) is 13.2 Å². The van der Waals surface area contributed by atoms with Crippen LogP contribution in [-0.4, -0.2) is 18.7 Å². The van der Waals surface area contributed by atoms with Crippen LogP contribution in [0.2, 0.25) is 0 Å².